The van der Waals surface area contributed by atoms with Crippen molar-refractivity contribution in [2.24, 2.45) is 0 Å². The molecule has 0 fully saturated rings. The predicted molar refractivity (Wildman–Crippen MR) is 110 cm³/mol. The summed E-state index contributed by atoms with van der Waals surface area (Å²) in [7, 11) is 3.01. The van der Waals surface area contributed by atoms with Crippen LogP contribution in [0.3, 0.4) is 0 Å². The molecular formula is C20H20ClN3O3S. The first-order valence-corrected chi connectivity index (χ1v) is 10.2. The molecule has 2 aromatic rings. The molecule has 1 aromatic carbocycles. The molecule has 0 aliphatic heterocycles. The Bertz CT molecular complexity index is 943. The summed E-state index contributed by atoms with van der Waals surface area (Å²) in [4.78, 5) is 17.1. The van der Waals surface area contributed by atoms with Gasteiger partial charge in [0.05, 0.1) is 36.2 Å². The summed E-state index contributed by atoms with van der Waals surface area (Å²) < 4.78 is 10.4. The van der Waals surface area contributed by atoms with E-state index in [0.717, 1.165) is 36.9 Å². The third-order valence-electron chi connectivity index (χ3n) is 4.47. The quantitative estimate of drug-likeness (QED) is 0.708. The third kappa shape index (κ3) is 4.51. The lowest BCUT2D eigenvalue weighted by Gasteiger charge is -2.16. The minimum Gasteiger partial charge on any atom is -0.495 e. The normalized spacial score (nSPS) is 12.6. The van der Waals surface area contributed by atoms with E-state index in [4.69, 9.17) is 21.1 Å². The molecule has 1 N–H and O–H groups in total. The molecular weight excluding hydrogens is 398 g/mol. The van der Waals surface area contributed by atoms with Crippen LogP contribution in [0, 0.1) is 11.3 Å². The number of pyridine rings is 1. The van der Waals surface area contributed by atoms with Crippen LogP contribution >= 0.6 is 23.4 Å². The molecule has 1 heterocycles. The van der Waals surface area contributed by atoms with Crippen LogP contribution in [0.25, 0.3) is 0 Å². The van der Waals surface area contributed by atoms with Crippen LogP contribution in [-0.2, 0) is 17.6 Å². The molecule has 1 aliphatic carbocycles. The fraction of sp³-hybridized carbons (Fsp3) is 0.350. The van der Waals surface area contributed by atoms with Gasteiger partial charge in [0, 0.05) is 11.8 Å². The number of nitriles is 1. The second kappa shape index (κ2) is 9.18. The summed E-state index contributed by atoms with van der Waals surface area (Å²) in [5.41, 5.74) is 3.16. The Balaban J connectivity index is 1.71. The van der Waals surface area contributed by atoms with Crippen LogP contribution in [0.2, 0.25) is 5.02 Å². The Morgan fingerprint density at radius 2 is 2.00 bits per heavy atom. The zero-order chi connectivity index (χ0) is 20.1. The molecule has 0 bridgehead atoms. The molecule has 0 atom stereocenters. The van der Waals surface area contributed by atoms with E-state index >= 15 is 0 Å². The van der Waals surface area contributed by atoms with Crippen LogP contribution in [0.5, 0.6) is 11.5 Å². The van der Waals surface area contributed by atoms with Crippen molar-refractivity contribution in [3.8, 4) is 17.6 Å². The van der Waals surface area contributed by atoms with Crippen molar-refractivity contribution in [1.82, 2.24) is 4.98 Å². The molecule has 1 aromatic heterocycles. The highest BCUT2D eigenvalue weighted by molar-refractivity contribution is 8.00. The molecule has 0 saturated heterocycles. The number of thioether (sulfide) groups is 1. The molecule has 3 rings (SSSR count). The highest BCUT2D eigenvalue weighted by Crippen LogP contribution is 2.36. The minimum atomic E-state index is -0.243. The van der Waals surface area contributed by atoms with Gasteiger partial charge in [0.2, 0.25) is 5.91 Å². The lowest BCUT2D eigenvalue weighted by Crippen LogP contribution is -2.15. The van der Waals surface area contributed by atoms with Gasteiger partial charge in [0.25, 0.3) is 0 Å². The zero-order valence-electron chi connectivity index (χ0n) is 15.7. The number of nitrogens with zero attached hydrogens (tertiary/aromatic N) is 2. The number of aryl methyl sites for hydroxylation is 2. The highest BCUT2D eigenvalue weighted by Gasteiger charge is 2.17. The summed E-state index contributed by atoms with van der Waals surface area (Å²) in [6.07, 6.45) is 4.11. The summed E-state index contributed by atoms with van der Waals surface area (Å²) in [6, 6.07) is 7.30. The number of halogens is 1. The van der Waals surface area contributed by atoms with Crippen LogP contribution in [0.1, 0.15) is 29.7 Å². The van der Waals surface area contributed by atoms with E-state index in [-0.39, 0.29) is 11.7 Å². The van der Waals surface area contributed by atoms with Crippen LogP contribution in [0.15, 0.2) is 23.2 Å². The molecule has 0 radical (unpaired) electrons. The van der Waals surface area contributed by atoms with Crippen molar-refractivity contribution >= 4 is 35.0 Å². The summed E-state index contributed by atoms with van der Waals surface area (Å²) in [5.74, 6) is 0.785. The highest BCUT2D eigenvalue weighted by atomic mass is 35.5. The molecule has 0 unspecified atom stereocenters. The van der Waals surface area contributed by atoms with Crippen LogP contribution in [-0.4, -0.2) is 30.9 Å². The van der Waals surface area contributed by atoms with E-state index in [1.54, 1.807) is 12.1 Å². The number of aromatic nitrogens is 1. The molecule has 1 aliphatic rings. The van der Waals surface area contributed by atoms with E-state index in [1.807, 2.05) is 6.07 Å². The number of methoxy groups -OCH3 is 2. The van der Waals surface area contributed by atoms with Gasteiger partial charge in [-0.2, -0.15) is 5.26 Å². The fourth-order valence-electron chi connectivity index (χ4n) is 3.08. The number of hydrogen-bond acceptors (Lipinski definition) is 6. The van der Waals surface area contributed by atoms with Crippen molar-refractivity contribution in [3.05, 3.63) is 40.0 Å². The summed E-state index contributed by atoms with van der Waals surface area (Å²) in [5, 5.41) is 13.2. The van der Waals surface area contributed by atoms with Gasteiger partial charge in [-0.25, -0.2) is 4.98 Å². The summed E-state index contributed by atoms with van der Waals surface area (Å²) in [6.45, 7) is 0. The minimum absolute atomic E-state index is 0.118. The number of ether oxygens (including phenoxy) is 2. The van der Waals surface area contributed by atoms with Gasteiger partial charge in [-0.15, -0.1) is 0 Å². The Hall–Kier alpha value is -2.43. The predicted octanol–water partition coefficient (Wildman–Crippen LogP) is 4.23. The van der Waals surface area contributed by atoms with Gasteiger partial charge >= 0.3 is 0 Å². The number of fused-ring (bicyclic) bond motifs is 1. The van der Waals surface area contributed by atoms with Gasteiger partial charge in [-0.1, -0.05) is 23.4 Å². The lowest BCUT2D eigenvalue weighted by atomic mass is 9.95. The average Bonchev–Trinajstić information content (AvgIpc) is 2.71. The SMILES string of the molecule is COc1cc(OC)c(NC(=O)CSc2nc3c(cc2C#N)CCCC3)cc1Cl. The van der Waals surface area contributed by atoms with Gasteiger partial charge < -0.3 is 14.8 Å². The smallest absolute Gasteiger partial charge is 0.234 e. The molecule has 0 spiro atoms. The molecule has 146 valence electrons. The van der Waals surface area contributed by atoms with Crippen molar-refractivity contribution in [2.75, 3.05) is 25.3 Å². The second-order valence-corrected chi connectivity index (χ2v) is 7.66. The number of benzene rings is 1. The fourth-order valence-corrected chi connectivity index (χ4v) is 4.10. The monoisotopic (exact) mass is 417 g/mol. The van der Waals surface area contributed by atoms with Gasteiger partial charge in [-0.3, -0.25) is 4.79 Å². The number of carbonyl (C=O) groups is 1. The number of rotatable bonds is 6. The number of nitrogens with one attached hydrogen (secondary N) is 1. The maximum absolute atomic E-state index is 12.4. The zero-order valence-corrected chi connectivity index (χ0v) is 17.2. The molecule has 28 heavy (non-hydrogen) atoms. The van der Waals surface area contributed by atoms with E-state index < -0.39 is 0 Å². The largest absolute Gasteiger partial charge is 0.495 e. The van der Waals surface area contributed by atoms with Gasteiger partial charge in [0.1, 0.15) is 22.6 Å². The first kappa shape index (κ1) is 20.3. The van der Waals surface area contributed by atoms with Crippen molar-refractivity contribution < 1.29 is 14.3 Å². The molecule has 0 saturated carbocycles. The van der Waals surface area contributed by atoms with Crippen LogP contribution in [0.4, 0.5) is 5.69 Å². The maximum atomic E-state index is 12.4. The first-order chi connectivity index (χ1) is 13.5. The van der Waals surface area contributed by atoms with E-state index in [2.05, 4.69) is 16.4 Å². The van der Waals surface area contributed by atoms with Crippen molar-refractivity contribution in [2.45, 2.75) is 30.7 Å². The molecule has 6 nitrogen and oxygen atoms in total. The number of hydrogen-bond donors (Lipinski definition) is 1. The van der Waals surface area contributed by atoms with Gasteiger partial charge in [0.15, 0.2) is 0 Å². The van der Waals surface area contributed by atoms with E-state index in [0.29, 0.717) is 32.8 Å². The topological polar surface area (TPSA) is 84.2 Å². The third-order valence-corrected chi connectivity index (χ3v) is 5.76. The van der Waals surface area contributed by atoms with Gasteiger partial charge in [-0.05, 0) is 43.4 Å². The Labute approximate surface area is 173 Å². The molecule has 8 heteroatoms. The first-order valence-electron chi connectivity index (χ1n) is 8.82. The van der Waals surface area contributed by atoms with Crippen molar-refractivity contribution in [1.29, 1.82) is 5.26 Å². The number of carbonyl (C=O) groups excluding carboxylic acids is 1. The number of amides is 1. The maximum Gasteiger partial charge on any atom is 0.234 e. The molecule has 1 amide bonds. The van der Waals surface area contributed by atoms with E-state index in [9.17, 15) is 10.1 Å². The lowest BCUT2D eigenvalue weighted by molar-refractivity contribution is -0.113. The standard InChI is InChI=1S/C20H20ClN3O3S/c1-26-17-9-18(27-2)16(8-14(17)21)23-19(25)11-28-20-13(10-22)7-12-5-3-4-6-15(12)24-20/h7-9H,3-6,11H2,1-2H3,(H,23,25). The van der Waals surface area contributed by atoms with Crippen molar-refractivity contribution in [3.63, 3.8) is 0 Å². The summed E-state index contributed by atoms with van der Waals surface area (Å²) >= 11 is 7.39. The Kier molecular flexibility index (Phi) is 6.65. The van der Waals surface area contributed by atoms with Crippen LogP contribution < -0.4 is 14.8 Å². The average molecular weight is 418 g/mol. The number of anilines is 1. The van der Waals surface area contributed by atoms with E-state index in [1.165, 1.54) is 26.0 Å². The Morgan fingerprint density at radius 3 is 2.71 bits per heavy atom. The Morgan fingerprint density at radius 1 is 1.25 bits per heavy atom. The second-order valence-electron chi connectivity index (χ2n) is 6.29.